The number of ether oxygens (including phenoxy) is 1. The van der Waals surface area contributed by atoms with Gasteiger partial charge in [-0.05, 0) is 37.1 Å². The number of carbonyl (C=O) groups is 2. The molecule has 1 aromatic heterocycles. The fraction of sp³-hybridized carbons (Fsp3) is 0.158. The highest BCUT2D eigenvalue weighted by Gasteiger charge is 2.19. The summed E-state index contributed by atoms with van der Waals surface area (Å²) in [7, 11) is 0. The van der Waals surface area contributed by atoms with Crippen LogP contribution in [0.1, 0.15) is 20.8 Å². The van der Waals surface area contributed by atoms with Crippen molar-refractivity contribution in [3.8, 4) is 0 Å². The number of hydrogen-bond donors (Lipinski definition) is 1. The summed E-state index contributed by atoms with van der Waals surface area (Å²) >= 11 is 7.50. The number of nitrogens with one attached hydrogen (secondary N) is 1. The van der Waals surface area contributed by atoms with Crippen LogP contribution in [0.4, 0.5) is 5.69 Å². The number of esters is 1. The SMILES string of the molecule is Cc1cccc(NC(=O)COC(=O)c2sc3ccccc3c2Cl)c1C. The molecule has 0 aliphatic heterocycles. The van der Waals surface area contributed by atoms with E-state index in [1.165, 1.54) is 11.3 Å². The molecule has 25 heavy (non-hydrogen) atoms. The molecule has 0 saturated carbocycles. The summed E-state index contributed by atoms with van der Waals surface area (Å²) in [5.41, 5.74) is 2.77. The van der Waals surface area contributed by atoms with Gasteiger partial charge in [-0.2, -0.15) is 0 Å². The topological polar surface area (TPSA) is 55.4 Å². The molecule has 0 aliphatic rings. The normalized spacial score (nSPS) is 10.7. The average molecular weight is 374 g/mol. The summed E-state index contributed by atoms with van der Waals surface area (Å²) in [4.78, 5) is 24.6. The lowest BCUT2D eigenvalue weighted by atomic mass is 10.1. The Balaban J connectivity index is 1.66. The first kappa shape index (κ1) is 17.5. The zero-order chi connectivity index (χ0) is 18.0. The highest BCUT2D eigenvalue weighted by Crippen LogP contribution is 2.35. The molecule has 0 spiro atoms. The van der Waals surface area contributed by atoms with E-state index < -0.39 is 5.97 Å². The minimum Gasteiger partial charge on any atom is -0.451 e. The van der Waals surface area contributed by atoms with Gasteiger partial charge in [0.2, 0.25) is 0 Å². The molecule has 0 bridgehead atoms. The van der Waals surface area contributed by atoms with Gasteiger partial charge < -0.3 is 10.1 Å². The minimum atomic E-state index is -0.595. The molecular weight excluding hydrogens is 358 g/mol. The fourth-order valence-electron chi connectivity index (χ4n) is 2.41. The van der Waals surface area contributed by atoms with Gasteiger partial charge in [0.15, 0.2) is 6.61 Å². The first-order valence-electron chi connectivity index (χ1n) is 7.67. The van der Waals surface area contributed by atoms with Crippen LogP contribution in [0.3, 0.4) is 0 Å². The first-order chi connectivity index (χ1) is 12.0. The fourth-order valence-corrected chi connectivity index (χ4v) is 3.82. The second-order valence-electron chi connectivity index (χ2n) is 5.61. The summed E-state index contributed by atoms with van der Waals surface area (Å²) in [5.74, 6) is -0.985. The lowest BCUT2D eigenvalue weighted by molar-refractivity contribution is -0.119. The second kappa shape index (κ2) is 7.25. The van der Waals surface area contributed by atoms with Gasteiger partial charge in [0.25, 0.3) is 5.91 Å². The number of hydrogen-bond acceptors (Lipinski definition) is 4. The van der Waals surface area contributed by atoms with E-state index in [1.54, 1.807) is 0 Å². The molecule has 0 aliphatic carbocycles. The number of carbonyl (C=O) groups excluding carboxylic acids is 2. The molecule has 0 radical (unpaired) electrons. The van der Waals surface area contributed by atoms with Crippen LogP contribution in [-0.4, -0.2) is 18.5 Å². The van der Waals surface area contributed by atoms with Crippen molar-refractivity contribution in [2.75, 3.05) is 11.9 Å². The molecule has 1 heterocycles. The van der Waals surface area contributed by atoms with Gasteiger partial charge in [0, 0.05) is 15.8 Å². The van der Waals surface area contributed by atoms with Crippen molar-refractivity contribution in [2.45, 2.75) is 13.8 Å². The molecule has 3 aromatic rings. The van der Waals surface area contributed by atoms with E-state index in [9.17, 15) is 9.59 Å². The van der Waals surface area contributed by atoms with E-state index in [0.29, 0.717) is 15.6 Å². The molecule has 128 valence electrons. The Morgan fingerprint density at radius 3 is 2.64 bits per heavy atom. The molecule has 3 rings (SSSR count). The van der Waals surface area contributed by atoms with Crippen LogP contribution in [0.25, 0.3) is 10.1 Å². The lowest BCUT2D eigenvalue weighted by Crippen LogP contribution is -2.21. The number of benzene rings is 2. The molecule has 6 heteroatoms. The number of thiophene rings is 1. The van der Waals surface area contributed by atoms with Crippen LogP contribution >= 0.6 is 22.9 Å². The number of fused-ring (bicyclic) bond motifs is 1. The molecule has 1 amide bonds. The Morgan fingerprint density at radius 1 is 1.12 bits per heavy atom. The van der Waals surface area contributed by atoms with Crippen LogP contribution in [0.2, 0.25) is 5.02 Å². The number of anilines is 1. The van der Waals surface area contributed by atoms with Crippen molar-refractivity contribution in [1.82, 2.24) is 0 Å². The minimum absolute atomic E-state index is 0.308. The maximum absolute atomic E-state index is 12.2. The zero-order valence-electron chi connectivity index (χ0n) is 13.8. The molecule has 1 N–H and O–H groups in total. The van der Waals surface area contributed by atoms with Crippen molar-refractivity contribution in [3.05, 3.63) is 63.5 Å². The van der Waals surface area contributed by atoms with Crippen LogP contribution in [0, 0.1) is 13.8 Å². The lowest BCUT2D eigenvalue weighted by Gasteiger charge is -2.10. The van der Waals surface area contributed by atoms with Crippen LogP contribution in [0.5, 0.6) is 0 Å². The van der Waals surface area contributed by atoms with Crippen molar-refractivity contribution in [1.29, 1.82) is 0 Å². The van der Waals surface area contributed by atoms with Crippen molar-refractivity contribution in [2.24, 2.45) is 0 Å². The van der Waals surface area contributed by atoms with Crippen molar-refractivity contribution >= 4 is 50.6 Å². The third kappa shape index (κ3) is 3.67. The Morgan fingerprint density at radius 2 is 1.88 bits per heavy atom. The van der Waals surface area contributed by atoms with E-state index in [1.807, 2.05) is 56.3 Å². The van der Waals surface area contributed by atoms with Gasteiger partial charge in [0.05, 0.1) is 5.02 Å². The molecule has 0 fully saturated rings. The monoisotopic (exact) mass is 373 g/mol. The third-order valence-electron chi connectivity index (χ3n) is 3.93. The molecule has 0 unspecified atom stereocenters. The predicted octanol–water partition coefficient (Wildman–Crippen LogP) is 4.97. The van der Waals surface area contributed by atoms with E-state index in [0.717, 1.165) is 21.2 Å². The standard InChI is InChI=1S/C19H16ClNO3S/c1-11-6-5-8-14(12(11)2)21-16(22)10-24-19(23)18-17(20)13-7-3-4-9-15(13)25-18/h3-9H,10H2,1-2H3,(H,21,22). The molecule has 0 atom stereocenters. The van der Waals surface area contributed by atoms with E-state index in [-0.39, 0.29) is 12.5 Å². The zero-order valence-corrected chi connectivity index (χ0v) is 15.3. The smallest absolute Gasteiger partial charge is 0.350 e. The Labute approximate surface area is 154 Å². The molecule has 2 aromatic carbocycles. The average Bonchev–Trinajstić information content (AvgIpc) is 2.94. The maximum Gasteiger partial charge on any atom is 0.350 e. The maximum atomic E-state index is 12.2. The van der Waals surface area contributed by atoms with Crippen LogP contribution in [-0.2, 0) is 9.53 Å². The summed E-state index contributed by atoms with van der Waals surface area (Å²) in [6, 6.07) is 13.1. The Hall–Kier alpha value is -2.37. The molecular formula is C19H16ClNO3S. The van der Waals surface area contributed by atoms with Crippen molar-refractivity contribution < 1.29 is 14.3 Å². The highest BCUT2D eigenvalue weighted by atomic mass is 35.5. The van der Waals surface area contributed by atoms with Crippen molar-refractivity contribution in [3.63, 3.8) is 0 Å². The van der Waals surface area contributed by atoms with Gasteiger partial charge >= 0.3 is 5.97 Å². The van der Waals surface area contributed by atoms with E-state index in [2.05, 4.69) is 5.32 Å². The van der Waals surface area contributed by atoms with Gasteiger partial charge in [-0.1, -0.05) is 41.9 Å². The molecule has 4 nitrogen and oxygen atoms in total. The van der Waals surface area contributed by atoms with Gasteiger partial charge in [-0.3, -0.25) is 4.79 Å². The first-order valence-corrected chi connectivity index (χ1v) is 8.87. The van der Waals surface area contributed by atoms with Gasteiger partial charge in [-0.25, -0.2) is 4.79 Å². The summed E-state index contributed by atoms with van der Waals surface area (Å²) in [6.07, 6.45) is 0. The van der Waals surface area contributed by atoms with Gasteiger partial charge in [-0.15, -0.1) is 11.3 Å². The summed E-state index contributed by atoms with van der Waals surface area (Å²) < 4.78 is 6.02. The summed E-state index contributed by atoms with van der Waals surface area (Å²) in [6.45, 7) is 3.53. The third-order valence-corrected chi connectivity index (χ3v) is 5.59. The van der Waals surface area contributed by atoms with Gasteiger partial charge in [0.1, 0.15) is 4.88 Å². The quantitative estimate of drug-likeness (QED) is 0.657. The highest BCUT2D eigenvalue weighted by molar-refractivity contribution is 7.21. The summed E-state index contributed by atoms with van der Waals surface area (Å²) in [5, 5.41) is 3.92. The number of amides is 1. The predicted molar refractivity (Wildman–Crippen MR) is 102 cm³/mol. The molecule has 0 saturated heterocycles. The number of halogens is 1. The van der Waals surface area contributed by atoms with Crippen LogP contribution in [0.15, 0.2) is 42.5 Å². The number of aryl methyl sites for hydroxylation is 1. The van der Waals surface area contributed by atoms with E-state index in [4.69, 9.17) is 16.3 Å². The van der Waals surface area contributed by atoms with E-state index >= 15 is 0 Å². The Bertz CT molecular complexity index is 964. The second-order valence-corrected chi connectivity index (χ2v) is 7.04. The number of rotatable bonds is 4. The van der Waals surface area contributed by atoms with Crippen LogP contribution < -0.4 is 5.32 Å². The largest absolute Gasteiger partial charge is 0.451 e. The Kier molecular flexibility index (Phi) is 5.06.